The quantitative estimate of drug-likeness (QED) is 0.797. The molecule has 0 heterocycles. The molecule has 1 aliphatic rings. The van der Waals surface area contributed by atoms with E-state index in [1.807, 2.05) is 0 Å². The summed E-state index contributed by atoms with van der Waals surface area (Å²) in [6, 6.07) is 4.46. The molecule has 0 saturated heterocycles. The second-order valence-corrected chi connectivity index (χ2v) is 7.93. The molecule has 3 N–H and O–H groups in total. The molecule has 0 aromatic heterocycles. The molecule has 3 heteroatoms. The summed E-state index contributed by atoms with van der Waals surface area (Å²) in [7, 11) is 0. The number of rotatable bonds is 4. The van der Waals surface area contributed by atoms with Crippen LogP contribution >= 0.6 is 15.9 Å². The van der Waals surface area contributed by atoms with E-state index >= 15 is 0 Å². The van der Waals surface area contributed by atoms with E-state index in [4.69, 9.17) is 5.73 Å². The lowest BCUT2D eigenvalue weighted by Gasteiger charge is -2.43. The predicted molar refractivity (Wildman–Crippen MR) is 95.8 cm³/mol. The maximum Gasteiger partial charge on any atom is 0.0498 e. The second kappa shape index (κ2) is 6.70. The van der Waals surface area contributed by atoms with Crippen molar-refractivity contribution < 1.29 is 0 Å². The minimum absolute atomic E-state index is 0.0693. The summed E-state index contributed by atoms with van der Waals surface area (Å²) < 4.78 is 1.21. The molecule has 0 amide bonds. The van der Waals surface area contributed by atoms with E-state index < -0.39 is 0 Å². The van der Waals surface area contributed by atoms with E-state index in [0.717, 1.165) is 11.8 Å². The van der Waals surface area contributed by atoms with Crippen LogP contribution in [-0.2, 0) is 0 Å². The van der Waals surface area contributed by atoms with E-state index in [1.54, 1.807) is 0 Å². The molecule has 21 heavy (non-hydrogen) atoms. The lowest BCUT2D eigenvalue weighted by molar-refractivity contribution is 0.203. The highest BCUT2D eigenvalue weighted by molar-refractivity contribution is 9.10. The van der Waals surface area contributed by atoms with Crippen molar-refractivity contribution in [3.8, 4) is 0 Å². The smallest absolute Gasteiger partial charge is 0.0498 e. The molecule has 1 saturated carbocycles. The van der Waals surface area contributed by atoms with Crippen molar-refractivity contribution in [2.75, 3.05) is 11.9 Å². The van der Waals surface area contributed by atoms with Gasteiger partial charge in [0.2, 0.25) is 0 Å². The Balaban J connectivity index is 2.22. The van der Waals surface area contributed by atoms with Crippen LogP contribution in [0.25, 0.3) is 0 Å². The molecule has 1 aliphatic carbocycles. The summed E-state index contributed by atoms with van der Waals surface area (Å²) in [5.74, 6) is 1.53. The van der Waals surface area contributed by atoms with Gasteiger partial charge in [0.05, 0.1) is 0 Å². The van der Waals surface area contributed by atoms with Gasteiger partial charge in [-0.1, -0.05) is 42.6 Å². The highest BCUT2D eigenvalue weighted by atomic mass is 79.9. The highest BCUT2D eigenvalue weighted by Crippen LogP contribution is 2.38. The van der Waals surface area contributed by atoms with Gasteiger partial charge in [0, 0.05) is 22.2 Å². The normalized spacial score (nSPS) is 26.1. The van der Waals surface area contributed by atoms with Crippen LogP contribution in [-0.4, -0.2) is 12.1 Å². The van der Waals surface area contributed by atoms with Crippen LogP contribution in [0.4, 0.5) is 5.69 Å². The summed E-state index contributed by atoms with van der Waals surface area (Å²) in [5.41, 5.74) is 10.0. The van der Waals surface area contributed by atoms with Crippen molar-refractivity contribution in [2.45, 2.75) is 58.9 Å². The van der Waals surface area contributed by atoms with E-state index in [1.165, 1.54) is 47.0 Å². The summed E-state index contributed by atoms with van der Waals surface area (Å²) in [6.07, 6.45) is 5.00. The molecule has 0 aliphatic heterocycles. The van der Waals surface area contributed by atoms with Gasteiger partial charge in [-0.05, 0) is 61.8 Å². The Kier molecular flexibility index (Phi) is 5.37. The fourth-order valence-electron chi connectivity index (χ4n) is 3.65. The Morgan fingerprint density at radius 3 is 2.48 bits per heavy atom. The first-order valence-corrected chi connectivity index (χ1v) is 8.91. The van der Waals surface area contributed by atoms with Crippen LogP contribution in [0.1, 0.15) is 50.7 Å². The second-order valence-electron chi connectivity index (χ2n) is 7.13. The van der Waals surface area contributed by atoms with Crippen molar-refractivity contribution in [1.82, 2.24) is 0 Å². The molecule has 1 fully saturated rings. The van der Waals surface area contributed by atoms with Crippen LogP contribution in [0.2, 0.25) is 0 Å². The topological polar surface area (TPSA) is 38.0 Å². The standard InChI is InChI=1S/C18H29BrN2/c1-12(2)15-6-5-7-18(10-15,11-20)21-16-8-13(3)17(19)14(4)9-16/h8-9,12,15,21H,5-7,10-11,20H2,1-4H3. The number of nitrogens with two attached hydrogens (primary N) is 1. The van der Waals surface area contributed by atoms with E-state index in [-0.39, 0.29) is 5.54 Å². The number of aryl methyl sites for hydroxylation is 2. The van der Waals surface area contributed by atoms with E-state index in [0.29, 0.717) is 6.54 Å². The minimum Gasteiger partial charge on any atom is -0.378 e. The number of hydrogen-bond donors (Lipinski definition) is 2. The average molecular weight is 353 g/mol. The largest absolute Gasteiger partial charge is 0.378 e. The van der Waals surface area contributed by atoms with Crippen LogP contribution < -0.4 is 11.1 Å². The number of hydrogen-bond acceptors (Lipinski definition) is 2. The van der Waals surface area contributed by atoms with Crippen molar-refractivity contribution in [2.24, 2.45) is 17.6 Å². The van der Waals surface area contributed by atoms with Gasteiger partial charge in [-0.3, -0.25) is 0 Å². The highest BCUT2D eigenvalue weighted by Gasteiger charge is 2.36. The van der Waals surface area contributed by atoms with Gasteiger partial charge in [-0.25, -0.2) is 0 Å². The molecule has 0 spiro atoms. The first kappa shape index (κ1) is 16.8. The number of halogens is 1. The molecule has 0 radical (unpaired) electrons. The molecule has 1 aromatic rings. The Hall–Kier alpha value is -0.540. The third-order valence-corrected chi connectivity index (χ3v) is 6.31. The van der Waals surface area contributed by atoms with Crippen LogP contribution in [0.3, 0.4) is 0 Å². The maximum atomic E-state index is 6.18. The number of benzene rings is 1. The molecular formula is C18H29BrN2. The first-order valence-electron chi connectivity index (χ1n) is 8.12. The van der Waals surface area contributed by atoms with Crippen LogP contribution in [0.5, 0.6) is 0 Å². The number of anilines is 1. The molecule has 1 aromatic carbocycles. The third kappa shape index (κ3) is 3.81. The summed E-state index contributed by atoms with van der Waals surface area (Å²) in [4.78, 5) is 0. The Bertz CT molecular complexity index is 475. The molecule has 2 atom stereocenters. The van der Waals surface area contributed by atoms with Gasteiger partial charge in [0.1, 0.15) is 0 Å². The zero-order valence-electron chi connectivity index (χ0n) is 13.8. The average Bonchev–Trinajstić information content (AvgIpc) is 2.45. The SMILES string of the molecule is Cc1cc(NC2(CN)CCCC(C(C)C)C2)cc(C)c1Br. The van der Waals surface area contributed by atoms with Gasteiger partial charge < -0.3 is 11.1 Å². The van der Waals surface area contributed by atoms with Gasteiger partial charge in [-0.15, -0.1) is 0 Å². The van der Waals surface area contributed by atoms with E-state index in [9.17, 15) is 0 Å². The van der Waals surface area contributed by atoms with Crippen molar-refractivity contribution in [3.05, 3.63) is 27.7 Å². The molecule has 2 rings (SSSR count). The molecule has 0 bridgehead atoms. The van der Waals surface area contributed by atoms with E-state index in [2.05, 4.69) is 61.1 Å². The van der Waals surface area contributed by atoms with Crippen LogP contribution in [0, 0.1) is 25.7 Å². The fourth-order valence-corrected chi connectivity index (χ4v) is 3.88. The summed E-state index contributed by atoms with van der Waals surface area (Å²) in [6.45, 7) is 9.69. The molecule has 118 valence electrons. The van der Waals surface area contributed by atoms with Crippen LogP contribution in [0.15, 0.2) is 16.6 Å². The van der Waals surface area contributed by atoms with Crippen molar-refractivity contribution in [1.29, 1.82) is 0 Å². The van der Waals surface area contributed by atoms with Gasteiger partial charge >= 0.3 is 0 Å². The lowest BCUT2D eigenvalue weighted by Crippen LogP contribution is -2.49. The van der Waals surface area contributed by atoms with Gasteiger partial charge in [0.15, 0.2) is 0 Å². The van der Waals surface area contributed by atoms with Crippen molar-refractivity contribution in [3.63, 3.8) is 0 Å². The number of nitrogens with one attached hydrogen (secondary N) is 1. The maximum absolute atomic E-state index is 6.18. The Morgan fingerprint density at radius 2 is 1.95 bits per heavy atom. The molecular weight excluding hydrogens is 324 g/mol. The summed E-state index contributed by atoms with van der Waals surface area (Å²) in [5, 5.41) is 3.79. The lowest BCUT2D eigenvalue weighted by atomic mass is 9.71. The fraction of sp³-hybridized carbons (Fsp3) is 0.667. The third-order valence-electron chi connectivity index (χ3n) is 5.06. The zero-order chi connectivity index (χ0) is 15.6. The first-order chi connectivity index (χ1) is 9.87. The predicted octanol–water partition coefficient (Wildman–Crippen LogP) is 5.02. The van der Waals surface area contributed by atoms with Gasteiger partial charge in [0.25, 0.3) is 0 Å². The van der Waals surface area contributed by atoms with Gasteiger partial charge in [-0.2, -0.15) is 0 Å². The van der Waals surface area contributed by atoms with Crippen molar-refractivity contribution >= 4 is 21.6 Å². The minimum atomic E-state index is 0.0693. The monoisotopic (exact) mass is 352 g/mol. The Labute approximate surface area is 138 Å². The molecule has 2 nitrogen and oxygen atoms in total. The zero-order valence-corrected chi connectivity index (χ0v) is 15.4. The summed E-state index contributed by atoms with van der Waals surface area (Å²) >= 11 is 3.65. The molecule has 2 unspecified atom stereocenters. The Morgan fingerprint density at radius 1 is 1.33 bits per heavy atom.